The number of benzene rings is 1. The number of ether oxygens (including phenoxy) is 2. The molecule has 1 saturated heterocycles. The van der Waals surface area contributed by atoms with Gasteiger partial charge < -0.3 is 19.7 Å². The molecule has 7 heteroatoms. The lowest BCUT2D eigenvalue weighted by Gasteiger charge is -2.38. The molecule has 0 spiro atoms. The monoisotopic (exact) mass is 389 g/mol. The second kappa shape index (κ2) is 9.73. The van der Waals surface area contributed by atoms with Crippen LogP contribution in [0, 0.1) is 0 Å². The maximum absolute atomic E-state index is 12.3. The third-order valence-electron chi connectivity index (χ3n) is 4.83. The van der Waals surface area contributed by atoms with E-state index in [9.17, 15) is 4.79 Å². The summed E-state index contributed by atoms with van der Waals surface area (Å²) in [5, 5.41) is 7.29. The number of carbonyl (C=O) groups excluding carboxylic acids is 1. The molecule has 0 radical (unpaired) electrons. The first-order chi connectivity index (χ1) is 13.2. The zero-order chi connectivity index (χ0) is 19.1. The molecule has 3 rings (SSSR count). The maximum atomic E-state index is 12.3. The van der Waals surface area contributed by atoms with Gasteiger partial charge in [0, 0.05) is 32.7 Å². The smallest absolute Gasteiger partial charge is 0.258 e. The molecule has 0 aliphatic carbocycles. The fourth-order valence-corrected chi connectivity index (χ4v) is 3.91. The fourth-order valence-electron chi connectivity index (χ4n) is 3.20. The van der Waals surface area contributed by atoms with Crippen molar-refractivity contribution in [2.24, 2.45) is 0 Å². The van der Waals surface area contributed by atoms with Gasteiger partial charge in [-0.15, -0.1) is 0 Å². The van der Waals surface area contributed by atoms with Gasteiger partial charge in [0.25, 0.3) is 5.91 Å². The second-order valence-corrected chi connectivity index (χ2v) is 7.44. The van der Waals surface area contributed by atoms with Crippen LogP contribution in [0.25, 0.3) is 0 Å². The second-order valence-electron chi connectivity index (χ2n) is 6.66. The summed E-state index contributed by atoms with van der Waals surface area (Å²) in [5.74, 6) is 1.07. The summed E-state index contributed by atoms with van der Waals surface area (Å²) in [6, 6.07) is 9.67. The van der Waals surface area contributed by atoms with Crippen LogP contribution in [0.1, 0.15) is 11.6 Å². The van der Waals surface area contributed by atoms with Gasteiger partial charge in [-0.25, -0.2) is 0 Å². The van der Waals surface area contributed by atoms with Gasteiger partial charge in [-0.3, -0.25) is 9.69 Å². The summed E-state index contributed by atoms with van der Waals surface area (Å²) < 4.78 is 10.9. The molecular weight excluding hydrogens is 362 g/mol. The minimum Gasteiger partial charge on any atom is -0.493 e. The highest BCUT2D eigenvalue weighted by Crippen LogP contribution is 2.26. The lowest BCUT2D eigenvalue weighted by atomic mass is 10.1. The third kappa shape index (κ3) is 5.45. The zero-order valence-corrected chi connectivity index (χ0v) is 16.7. The molecule has 27 heavy (non-hydrogen) atoms. The summed E-state index contributed by atoms with van der Waals surface area (Å²) >= 11 is 1.69. The van der Waals surface area contributed by atoms with Gasteiger partial charge in [0.2, 0.25) is 0 Å². The molecule has 0 bridgehead atoms. The van der Waals surface area contributed by atoms with Gasteiger partial charge in [-0.05, 0) is 41.6 Å². The van der Waals surface area contributed by atoms with Crippen molar-refractivity contribution < 1.29 is 14.3 Å². The quantitative estimate of drug-likeness (QED) is 0.750. The Morgan fingerprint density at radius 3 is 2.59 bits per heavy atom. The van der Waals surface area contributed by atoms with E-state index < -0.39 is 0 Å². The highest BCUT2D eigenvalue weighted by molar-refractivity contribution is 7.07. The molecule has 1 fully saturated rings. The predicted octanol–water partition coefficient (Wildman–Crippen LogP) is 2.24. The van der Waals surface area contributed by atoms with E-state index in [-0.39, 0.29) is 18.6 Å². The zero-order valence-electron chi connectivity index (χ0n) is 15.9. The first kappa shape index (κ1) is 19.7. The Hall–Kier alpha value is -2.09. The number of nitrogens with zero attached hydrogens (tertiary/aromatic N) is 2. The molecule has 1 N–H and O–H groups in total. The summed E-state index contributed by atoms with van der Waals surface area (Å²) in [6.45, 7) is 4.65. The topological polar surface area (TPSA) is 54.0 Å². The number of piperazine rings is 1. The first-order valence-corrected chi connectivity index (χ1v) is 10.1. The number of hydrogen-bond acceptors (Lipinski definition) is 6. The summed E-state index contributed by atoms with van der Waals surface area (Å²) in [5.41, 5.74) is 1.26. The maximum Gasteiger partial charge on any atom is 0.258 e. The normalized spacial score (nSPS) is 16.7. The van der Waals surface area contributed by atoms with E-state index in [2.05, 4.69) is 39.0 Å². The number of amides is 1. The molecule has 0 saturated carbocycles. The molecule has 6 nitrogen and oxygen atoms in total. The average molecular weight is 390 g/mol. The van der Waals surface area contributed by atoms with Crippen LogP contribution in [0.3, 0.4) is 0 Å². The van der Waals surface area contributed by atoms with E-state index in [1.807, 2.05) is 18.2 Å². The van der Waals surface area contributed by atoms with Crippen molar-refractivity contribution >= 4 is 17.2 Å². The van der Waals surface area contributed by atoms with Crippen LogP contribution in [0.5, 0.6) is 11.5 Å². The molecule has 0 unspecified atom stereocenters. The third-order valence-corrected chi connectivity index (χ3v) is 5.53. The van der Waals surface area contributed by atoms with Gasteiger partial charge in [0.15, 0.2) is 18.1 Å². The van der Waals surface area contributed by atoms with Gasteiger partial charge in [0.1, 0.15) is 0 Å². The van der Waals surface area contributed by atoms with Crippen LogP contribution in [0.2, 0.25) is 0 Å². The molecule has 1 aromatic carbocycles. The lowest BCUT2D eigenvalue weighted by Crippen LogP contribution is -2.48. The Kier molecular flexibility index (Phi) is 7.09. The average Bonchev–Trinajstić information content (AvgIpc) is 3.22. The van der Waals surface area contributed by atoms with Crippen LogP contribution in [0.4, 0.5) is 0 Å². The Labute approximate surface area is 164 Å². The number of thiophene rings is 1. The van der Waals surface area contributed by atoms with E-state index in [4.69, 9.17) is 9.47 Å². The number of para-hydroxylation sites is 2. The molecule has 146 valence electrons. The van der Waals surface area contributed by atoms with Gasteiger partial charge in [-0.1, -0.05) is 12.1 Å². The largest absolute Gasteiger partial charge is 0.493 e. The molecule has 1 aromatic heterocycles. The predicted molar refractivity (Wildman–Crippen MR) is 108 cm³/mol. The van der Waals surface area contributed by atoms with Crippen molar-refractivity contribution in [3.05, 3.63) is 46.7 Å². The van der Waals surface area contributed by atoms with E-state index in [1.54, 1.807) is 24.5 Å². The van der Waals surface area contributed by atoms with Gasteiger partial charge in [-0.2, -0.15) is 11.3 Å². The Balaban J connectivity index is 1.54. The minimum atomic E-state index is -0.129. The number of rotatable bonds is 8. The van der Waals surface area contributed by atoms with Crippen molar-refractivity contribution in [3.63, 3.8) is 0 Å². The van der Waals surface area contributed by atoms with E-state index in [1.165, 1.54) is 5.56 Å². The number of carbonyl (C=O) groups is 1. The molecule has 1 amide bonds. The number of nitrogens with one attached hydrogen (secondary N) is 1. The van der Waals surface area contributed by atoms with Crippen molar-refractivity contribution in [2.45, 2.75) is 6.04 Å². The number of hydrogen-bond donors (Lipinski definition) is 1. The highest BCUT2D eigenvalue weighted by atomic mass is 32.1. The molecule has 2 aromatic rings. The molecular formula is C20H27N3O3S. The van der Waals surface area contributed by atoms with Crippen molar-refractivity contribution in [1.82, 2.24) is 15.1 Å². The van der Waals surface area contributed by atoms with Crippen LogP contribution in [0.15, 0.2) is 41.1 Å². The van der Waals surface area contributed by atoms with Crippen LogP contribution < -0.4 is 14.8 Å². The molecule has 1 atom stereocenters. The van der Waals surface area contributed by atoms with Crippen molar-refractivity contribution in [3.8, 4) is 11.5 Å². The number of likely N-dealkylation sites (N-methyl/N-ethyl adjacent to an activating group) is 1. The van der Waals surface area contributed by atoms with Crippen LogP contribution >= 0.6 is 11.3 Å². The Morgan fingerprint density at radius 2 is 1.93 bits per heavy atom. The molecule has 1 aliphatic heterocycles. The summed E-state index contributed by atoms with van der Waals surface area (Å²) in [4.78, 5) is 17.1. The standard InChI is InChI=1S/C20H27N3O3S/c1-22-8-10-23(11-9-22)17(16-7-12-27-15-16)13-21-20(24)14-26-19-6-4-3-5-18(19)25-2/h3-7,12,15,17H,8-11,13-14H2,1-2H3,(H,21,24)/t17-/m1/s1. The fraction of sp³-hybridized carbons (Fsp3) is 0.450. The lowest BCUT2D eigenvalue weighted by molar-refractivity contribution is -0.123. The van der Waals surface area contributed by atoms with Crippen LogP contribution in [-0.2, 0) is 4.79 Å². The highest BCUT2D eigenvalue weighted by Gasteiger charge is 2.24. The SMILES string of the molecule is COc1ccccc1OCC(=O)NC[C@H](c1ccsc1)N1CCN(C)CC1. The Bertz CT molecular complexity index is 715. The van der Waals surface area contributed by atoms with Crippen LogP contribution in [-0.4, -0.2) is 69.2 Å². The van der Waals surface area contributed by atoms with Crippen molar-refractivity contribution in [2.75, 3.05) is 53.5 Å². The Morgan fingerprint density at radius 1 is 1.19 bits per heavy atom. The molecule has 2 heterocycles. The van der Waals surface area contributed by atoms with E-state index >= 15 is 0 Å². The summed E-state index contributed by atoms with van der Waals surface area (Å²) in [7, 11) is 3.73. The minimum absolute atomic E-state index is 0.0283. The first-order valence-electron chi connectivity index (χ1n) is 9.14. The summed E-state index contributed by atoms with van der Waals surface area (Å²) in [6.07, 6.45) is 0. The van der Waals surface area contributed by atoms with Gasteiger partial charge >= 0.3 is 0 Å². The van der Waals surface area contributed by atoms with Gasteiger partial charge in [0.05, 0.1) is 13.2 Å². The van der Waals surface area contributed by atoms with E-state index in [0.29, 0.717) is 18.0 Å². The van der Waals surface area contributed by atoms with Crippen molar-refractivity contribution in [1.29, 1.82) is 0 Å². The van der Waals surface area contributed by atoms with E-state index in [0.717, 1.165) is 26.2 Å². The number of methoxy groups -OCH3 is 1. The molecule has 1 aliphatic rings.